The van der Waals surface area contributed by atoms with Crippen molar-refractivity contribution < 1.29 is 9.59 Å². The molecule has 0 aromatic carbocycles. The molecule has 0 radical (unpaired) electrons. The van der Waals surface area contributed by atoms with Gasteiger partial charge in [0.25, 0.3) is 0 Å². The Kier molecular flexibility index (Phi) is 2.88. The van der Waals surface area contributed by atoms with Crippen LogP contribution in [0.4, 0.5) is 0 Å². The van der Waals surface area contributed by atoms with E-state index in [1.807, 2.05) is 4.90 Å². The van der Waals surface area contributed by atoms with Gasteiger partial charge in [0.15, 0.2) is 0 Å². The molecule has 2 aliphatic rings. The summed E-state index contributed by atoms with van der Waals surface area (Å²) < 4.78 is 0. The average molecular weight is 225 g/mol. The largest absolute Gasteiger partial charge is 0.344 e. The van der Waals surface area contributed by atoms with E-state index in [-0.39, 0.29) is 23.4 Å². The number of hydrogen-bond acceptors (Lipinski definition) is 3. The standard InChI is InChI=1S/C11H19N3O2/c1-11(2)7-14(6-5-12-11)10(16)8-3-4-9(15)13-8/h8,12H,3-7H2,1-2H3,(H,13,15). The molecule has 0 aromatic rings. The molecular weight excluding hydrogens is 206 g/mol. The molecule has 2 N–H and O–H groups in total. The molecule has 1 unspecified atom stereocenters. The number of hydrogen-bond donors (Lipinski definition) is 2. The van der Waals surface area contributed by atoms with Crippen LogP contribution in [0.2, 0.25) is 0 Å². The Hall–Kier alpha value is -1.10. The number of nitrogens with zero attached hydrogens (tertiary/aromatic N) is 1. The summed E-state index contributed by atoms with van der Waals surface area (Å²) in [5, 5.41) is 6.09. The van der Waals surface area contributed by atoms with Gasteiger partial charge < -0.3 is 15.5 Å². The Bertz CT molecular complexity index is 314. The van der Waals surface area contributed by atoms with Gasteiger partial charge in [-0.05, 0) is 20.3 Å². The molecule has 16 heavy (non-hydrogen) atoms. The van der Waals surface area contributed by atoms with Gasteiger partial charge in [-0.15, -0.1) is 0 Å². The van der Waals surface area contributed by atoms with Crippen molar-refractivity contribution in [2.45, 2.75) is 38.3 Å². The van der Waals surface area contributed by atoms with Crippen LogP contribution in [0.25, 0.3) is 0 Å². The van der Waals surface area contributed by atoms with E-state index in [1.165, 1.54) is 0 Å². The Morgan fingerprint density at radius 3 is 2.81 bits per heavy atom. The van der Waals surface area contributed by atoms with Crippen molar-refractivity contribution in [3.8, 4) is 0 Å². The first-order valence-electron chi connectivity index (χ1n) is 5.81. The highest BCUT2D eigenvalue weighted by Crippen LogP contribution is 2.15. The third kappa shape index (κ3) is 2.35. The zero-order chi connectivity index (χ0) is 11.8. The molecule has 90 valence electrons. The molecule has 0 aliphatic carbocycles. The zero-order valence-corrected chi connectivity index (χ0v) is 9.88. The molecule has 2 aliphatic heterocycles. The molecule has 5 nitrogen and oxygen atoms in total. The van der Waals surface area contributed by atoms with E-state index in [0.29, 0.717) is 19.4 Å². The Labute approximate surface area is 95.6 Å². The molecular formula is C11H19N3O2. The van der Waals surface area contributed by atoms with Crippen LogP contribution in [0.15, 0.2) is 0 Å². The monoisotopic (exact) mass is 225 g/mol. The number of rotatable bonds is 1. The lowest BCUT2D eigenvalue weighted by molar-refractivity contribution is -0.136. The summed E-state index contributed by atoms with van der Waals surface area (Å²) >= 11 is 0. The molecule has 2 amide bonds. The van der Waals surface area contributed by atoms with Crippen molar-refractivity contribution in [2.24, 2.45) is 0 Å². The molecule has 0 aromatic heterocycles. The predicted molar refractivity (Wildman–Crippen MR) is 59.8 cm³/mol. The Morgan fingerprint density at radius 2 is 2.25 bits per heavy atom. The van der Waals surface area contributed by atoms with Gasteiger partial charge in [-0.1, -0.05) is 0 Å². The first-order valence-corrected chi connectivity index (χ1v) is 5.81. The van der Waals surface area contributed by atoms with Crippen molar-refractivity contribution in [1.82, 2.24) is 15.5 Å². The van der Waals surface area contributed by atoms with E-state index in [1.54, 1.807) is 0 Å². The molecule has 2 fully saturated rings. The number of amides is 2. The summed E-state index contributed by atoms with van der Waals surface area (Å²) in [4.78, 5) is 25.0. The van der Waals surface area contributed by atoms with Gasteiger partial charge in [-0.2, -0.15) is 0 Å². The van der Waals surface area contributed by atoms with Crippen LogP contribution in [-0.4, -0.2) is 47.9 Å². The normalized spacial score (nSPS) is 29.0. The van der Waals surface area contributed by atoms with E-state index >= 15 is 0 Å². The van der Waals surface area contributed by atoms with Crippen LogP contribution in [-0.2, 0) is 9.59 Å². The highest BCUT2D eigenvalue weighted by Gasteiger charge is 2.34. The van der Waals surface area contributed by atoms with Crippen LogP contribution in [0.5, 0.6) is 0 Å². The average Bonchev–Trinajstić information content (AvgIpc) is 2.62. The maximum Gasteiger partial charge on any atom is 0.245 e. The quantitative estimate of drug-likeness (QED) is 0.631. The van der Waals surface area contributed by atoms with Crippen molar-refractivity contribution in [3.05, 3.63) is 0 Å². The summed E-state index contributed by atoms with van der Waals surface area (Å²) in [7, 11) is 0. The fraction of sp³-hybridized carbons (Fsp3) is 0.818. The summed E-state index contributed by atoms with van der Waals surface area (Å²) in [5.74, 6) is 0.0631. The molecule has 2 saturated heterocycles. The Balaban J connectivity index is 1.96. The second kappa shape index (κ2) is 4.05. The first kappa shape index (κ1) is 11.4. The number of nitrogens with one attached hydrogen (secondary N) is 2. The maximum absolute atomic E-state index is 12.1. The number of carbonyl (C=O) groups is 2. The molecule has 2 rings (SSSR count). The summed E-state index contributed by atoms with van der Waals surface area (Å²) in [6.07, 6.45) is 1.12. The van der Waals surface area contributed by atoms with E-state index in [0.717, 1.165) is 13.1 Å². The fourth-order valence-corrected chi connectivity index (χ4v) is 2.35. The number of carbonyl (C=O) groups excluding carboxylic acids is 2. The van der Waals surface area contributed by atoms with Gasteiger partial charge in [0.2, 0.25) is 11.8 Å². The van der Waals surface area contributed by atoms with Crippen LogP contribution < -0.4 is 10.6 Å². The lowest BCUT2D eigenvalue weighted by Crippen LogP contribution is -2.60. The van der Waals surface area contributed by atoms with Crippen LogP contribution in [0, 0.1) is 0 Å². The van der Waals surface area contributed by atoms with Gasteiger partial charge in [-0.25, -0.2) is 0 Å². The summed E-state index contributed by atoms with van der Waals surface area (Å²) in [6, 6.07) is -0.290. The maximum atomic E-state index is 12.1. The minimum absolute atomic E-state index is 0.00672. The van der Waals surface area contributed by atoms with Crippen molar-refractivity contribution in [3.63, 3.8) is 0 Å². The Morgan fingerprint density at radius 1 is 1.50 bits per heavy atom. The SMILES string of the molecule is CC1(C)CN(C(=O)C2CCC(=O)N2)CCN1. The van der Waals surface area contributed by atoms with E-state index in [2.05, 4.69) is 24.5 Å². The second-order valence-corrected chi connectivity index (χ2v) is 5.23. The van der Waals surface area contributed by atoms with Gasteiger partial charge in [0, 0.05) is 31.6 Å². The molecule has 5 heteroatoms. The fourth-order valence-electron chi connectivity index (χ4n) is 2.35. The molecule has 0 bridgehead atoms. The minimum atomic E-state index is -0.290. The van der Waals surface area contributed by atoms with Crippen LogP contribution >= 0.6 is 0 Å². The van der Waals surface area contributed by atoms with Gasteiger partial charge >= 0.3 is 0 Å². The molecule has 1 atom stereocenters. The summed E-state index contributed by atoms with van der Waals surface area (Å²) in [6.45, 7) is 6.42. The van der Waals surface area contributed by atoms with E-state index in [4.69, 9.17) is 0 Å². The lowest BCUT2D eigenvalue weighted by atomic mass is 10.0. The number of piperazine rings is 1. The van der Waals surface area contributed by atoms with E-state index in [9.17, 15) is 9.59 Å². The van der Waals surface area contributed by atoms with Gasteiger partial charge in [0.05, 0.1) is 0 Å². The van der Waals surface area contributed by atoms with Gasteiger partial charge in [0.1, 0.15) is 6.04 Å². The third-order valence-corrected chi connectivity index (χ3v) is 3.18. The van der Waals surface area contributed by atoms with Crippen molar-refractivity contribution >= 4 is 11.8 Å². The van der Waals surface area contributed by atoms with Crippen molar-refractivity contribution in [1.29, 1.82) is 0 Å². The molecule has 2 heterocycles. The molecule has 0 saturated carbocycles. The molecule has 0 spiro atoms. The zero-order valence-electron chi connectivity index (χ0n) is 9.88. The van der Waals surface area contributed by atoms with Crippen LogP contribution in [0.3, 0.4) is 0 Å². The highest BCUT2D eigenvalue weighted by molar-refractivity contribution is 5.90. The first-order chi connectivity index (χ1) is 7.48. The highest BCUT2D eigenvalue weighted by atomic mass is 16.2. The van der Waals surface area contributed by atoms with Crippen LogP contribution in [0.1, 0.15) is 26.7 Å². The van der Waals surface area contributed by atoms with Crippen molar-refractivity contribution in [2.75, 3.05) is 19.6 Å². The predicted octanol–water partition coefficient (Wildman–Crippen LogP) is -0.525. The van der Waals surface area contributed by atoms with E-state index < -0.39 is 0 Å². The smallest absolute Gasteiger partial charge is 0.245 e. The van der Waals surface area contributed by atoms with Gasteiger partial charge in [-0.3, -0.25) is 9.59 Å². The minimum Gasteiger partial charge on any atom is -0.344 e. The second-order valence-electron chi connectivity index (χ2n) is 5.23. The lowest BCUT2D eigenvalue weighted by Gasteiger charge is -2.40. The third-order valence-electron chi connectivity index (χ3n) is 3.18. The topological polar surface area (TPSA) is 61.4 Å². The summed E-state index contributed by atoms with van der Waals surface area (Å²) in [5.41, 5.74) is -0.0312.